The Morgan fingerprint density at radius 1 is 1.07 bits per heavy atom. The Morgan fingerprint density at radius 3 is 2.48 bits per heavy atom. The van der Waals surface area contributed by atoms with E-state index in [9.17, 15) is 14.7 Å². The molecule has 1 N–H and O–H groups in total. The van der Waals surface area contributed by atoms with Gasteiger partial charge in [-0.2, -0.15) is 0 Å². The van der Waals surface area contributed by atoms with Crippen LogP contribution < -0.4 is 0 Å². The van der Waals surface area contributed by atoms with Crippen molar-refractivity contribution in [1.29, 1.82) is 0 Å². The second-order valence-electron chi connectivity index (χ2n) is 7.52. The van der Waals surface area contributed by atoms with Crippen molar-refractivity contribution in [2.24, 2.45) is 5.41 Å². The van der Waals surface area contributed by atoms with Gasteiger partial charge in [-0.05, 0) is 25.0 Å². The number of benzene rings is 2. The molecule has 1 atom stereocenters. The van der Waals surface area contributed by atoms with Crippen LogP contribution in [0.15, 0.2) is 60.8 Å². The number of rotatable bonds is 4. The van der Waals surface area contributed by atoms with Crippen molar-refractivity contribution in [1.82, 2.24) is 9.47 Å². The van der Waals surface area contributed by atoms with E-state index in [1.807, 2.05) is 48.7 Å². The van der Waals surface area contributed by atoms with Gasteiger partial charge in [0.2, 0.25) is 0 Å². The molecule has 1 aliphatic rings. The van der Waals surface area contributed by atoms with Crippen molar-refractivity contribution in [3.8, 4) is 0 Å². The van der Waals surface area contributed by atoms with E-state index in [0.717, 1.165) is 16.5 Å². The molecule has 0 saturated carbocycles. The fourth-order valence-electron chi connectivity index (χ4n) is 3.81. The number of carboxylic acids is 1. The Hall–Kier alpha value is -3.08. The number of hydrogen-bond acceptors (Lipinski definition) is 2. The number of para-hydroxylation sites is 1. The van der Waals surface area contributed by atoms with E-state index in [1.165, 1.54) is 0 Å². The zero-order chi connectivity index (χ0) is 19.0. The normalized spacial score (nSPS) is 19.5. The van der Waals surface area contributed by atoms with Gasteiger partial charge in [0.15, 0.2) is 0 Å². The lowest BCUT2D eigenvalue weighted by Crippen LogP contribution is -2.34. The molecule has 2 aromatic carbocycles. The highest BCUT2D eigenvalue weighted by Gasteiger charge is 2.42. The second-order valence-corrected chi connectivity index (χ2v) is 7.52. The molecule has 1 amide bonds. The van der Waals surface area contributed by atoms with E-state index >= 15 is 0 Å². The molecule has 2 heterocycles. The summed E-state index contributed by atoms with van der Waals surface area (Å²) >= 11 is 0. The number of carbonyl (C=O) groups is 2. The zero-order valence-electron chi connectivity index (χ0n) is 15.3. The van der Waals surface area contributed by atoms with Gasteiger partial charge < -0.3 is 14.6 Å². The van der Waals surface area contributed by atoms with Crippen LogP contribution in [0.3, 0.4) is 0 Å². The van der Waals surface area contributed by atoms with Crippen LogP contribution >= 0.6 is 0 Å². The van der Waals surface area contributed by atoms with Crippen LogP contribution in [0.25, 0.3) is 10.9 Å². The molecule has 0 spiro atoms. The summed E-state index contributed by atoms with van der Waals surface area (Å²) < 4.78 is 2.09. The molecule has 1 saturated heterocycles. The lowest BCUT2D eigenvalue weighted by molar-refractivity contribution is -0.147. The predicted octanol–water partition coefficient (Wildman–Crippen LogP) is 3.63. The molecule has 1 aliphatic heterocycles. The number of fused-ring (bicyclic) bond motifs is 1. The molecule has 0 bridgehead atoms. The predicted molar refractivity (Wildman–Crippen MR) is 104 cm³/mol. The Bertz CT molecular complexity index is 1010. The fourth-order valence-corrected chi connectivity index (χ4v) is 3.81. The van der Waals surface area contributed by atoms with E-state index in [4.69, 9.17) is 0 Å². The lowest BCUT2D eigenvalue weighted by Gasteiger charge is -2.20. The van der Waals surface area contributed by atoms with Gasteiger partial charge in [-0.25, -0.2) is 0 Å². The zero-order valence-corrected chi connectivity index (χ0v) is 15.3. The van der Waals surface area contributed by atoms with E-state index < -0.39 is 11.4 Å². The Kier molecular flexibility index (Phi) is 4.22. The first kappa shape index (κ1) is 17.3. The van der Waals surface area contributed by atoms with E-state index in [-0.39, 0.29) is 12.5 Å². The number of hydrogen-bond donors (Lipinski definition) is 1. The van der Waals surface area contributed by atoms with E-state index in [2.05, 4.69) is 16.7 Å². The van der Waals surface area contributed by atoms with Gasteiger partial charge in [-0.15, -0.1) is 0 Å². The van der Waals surface area contributed by atoms with Crippen molar-refractivity contribution in [3.05, 3.63) is 71.9 Å². The molecule has 27 heavy (non-hydrogen) atoms. The van der Waals surface area contributed by atoms with Crippen LogP contribution in [0.4, 0.5) is 0 Å². The summed E-state index contributed by atoms with van der Waals surface area (Å²) in [7, 11) is 0. The molecule has 1 unspecified atom stereocenters. The van der Waals surface area contributed by atoms with Gasteiger partial charge in [-0.3, -0.25) is 9.59 Å². The highest BCUT2D eigenvalue weighted by molar-refractivity contribution is 6.07. The quantitative estimate of drug-likeness (QED) is 0.771. The first-order chi connectivity index (χ1) is 13.0. The smallest absolute Gasteiger partial charge is 0.311 e. The SMILES string of the molecule is CC1(C(=O)O)CCN(C(=O)c2cn(Cc3ccccc3)c3ccccc23)C1. The third-order valence-electron chi connectivity index (χ3n) is 5.49. The molecule has 5 heteroatoms. The van der Waals surface area contributed by atoms with Crippen molar-refractivity contribution < 1.29 is 14.7 Å². The Labute approximate surface area is 157 Å². The maximum Gasteiger partial charge on any atom is 0.311 e. The standard InChI is InChI=1S/C22H22N2O3/c1-22(21(26)27)11-12-23(15-22)20(25)18-14-24(13-16-7-3-2-4-8-16)19-10-6-5-9-17(18)19/h2-10,14H,11-13,15H2,1H3,(H,26,27). The third kappa shape index (κ3) is 3.10. The number of likely N-dealkylation sites (tertiary alicyclic amines) is 1. The minimum Gasteiger partial charge on any atom is -0.481 e. The van der Waals surface area contributed by atoms with Crippen LogP contribution in [0, 0.1) is 5.41 Å². The van der Waals surface area contributed by atoms with Crippen LogP contribution in [0.5, 0.6) is 0 Å². The number of carboxylic acid groups (broad SMARTS) is 1. The van der Waals surface area contributed by atoms with Crippen LogP contribution in [0.1, 0.15) is 29.3 Å². The Balaban J connectivity index is 1.68. The van der Waals surface area contributed by atoms with Crippen LogP contribution in [0.2, 0.25) is 0 Å². The largest absolute Gasteiger partial charge is 0.481 e. The Morgan fingerprint density at radius 2 is 1.78 bits per heavy atom. The average Bonchev–Trinajstić information content (AvgIpc) is 3.25. The second kappa shape index (κ2) is 6.58. The number of aliphatic carboxylic acids is 1. The summed E-state index contributed by atoms with van der Waals surface area (Å²) in [4.78, 5) is 26.3. The van der Waals surface area contributed by atoms with Gasteiger partial charge in [-0.1, -0.05) is 48.5 Å². The molecular weight excluding hydrogens is 340 g/mol. The molecule has 5 nitrogen and oxygen atoms in total. The fraction of sp³-hybridized carbons (Fsp3) is 0.273. The summed E-state index contributed by atoms with van der Waals surface area (Å²) in [5, 5.41) is 10.3. The van der Waals surface area contributed by atoms with Crippen molar-refractivity contribution >= 4 is 22.8 Å². The minimum atomic E-state index is -0.863. The third-order valence-corrected chi connectivity index (χ3v) is 5.49. The van der Waals surface area contributed by atoms with Crippen LogP contribution in [-0.2, 0) is 11.3 Å². The first-order valence-electron chi connectivity index (χ1n) is 9.12. The van der Waals surface area contributed by atoms with Crippen molar-refractivity contribution in [3.63, 3.8) is 0 Å². The monoisotopic (exact) mass is 362 g/mol. The molecule has 1 fully saturated rings. The summed E-state index contributed by atoms with van der Waals surface area (Å²) in [6.07, 6.45) is 2.38. The average molecular weight is 362 g/mol. The number of aromatic nitrogens is 1. The molecule has 4 rings (SSSR count). The number of carbonyl (C=O) groups excluding carboxylic acids is 1. The van der Waals surface area contributed by atoms with Crippen molar-refractivity contribution in [2.75, 3.05) is 13.1 Å². The van der Waals surface area contributed by atoms with E-state index in [1.54, 1.807) is 11.8 Å². The molecule has 3 aromatic rings. The molecule has 0 aliphatic carbocycles. The first-order valence-corrected chi connectivity index (χ1v) is 9.12. The van der Waals surface area contributed by atoms with Gasteiger partial charge in [0.05, 0.1) is 11.0 Å². The van der Waals surface area contributed by atoms with Gasteiger partial charge in [0.25, 0.3) is 5.91 Å². The summed E-state index contributed by atoms with van der Waals surface area (Å²) in [6, 6.07) is 18.0. The lowest BCUT2D eigenvalue weighted by atomic mass is 9.90. The number of nitrogens with zero attached hydrogens (tertiary/aromatic N) is 2. The molecule has 1 aromatic heterocycles. The van der Waals surface area contributed by atoms with E-state index in [0.29, 0.717) is 25.1 Å². The summed E-state index contributed by atoms with van der Waals surface area (Å²) in [6.45, 7) is 3.11. The topological polar surface area (TPSA) is 62.5 Å². The van der Waals surface area contributed by atoms with Crippen molar-refractivity contribution in [2.45, 2.75) is 19.9 Å². The number of amides is 1. The highest BCUT2D eigenvalue weighted by Crippen LogP contribution is 2.32. The van der Waals surface area contributed by atoms with Gasteiger partial charge in [0.1, 0.15) is 0 Å². The summed E-state index contributed by atoms with van der Waals surface area (Å²) in [5.74, 6) is -0.938. The molecule has 0 radical (unpaired) electrons. The van der Waals surface area contributed by atoms with Gasteiger partial charge in [0, 0.05) is 36.7 Å². The van der Waals surface area contributed by atoms with Crippen LogP contribution in [-0.4, -0.2) is 39.5 Å². The molecular formula is C22H22N2O3. The summed E-state index contributed by atoms with van der Waals surface area (Å²) in [5.41, 5.74) is 1.94. The minimum absolute atomic E-state index is 0.0945. The molecule has 138 valence electrons. The van der Waals surface area contributed by atoms with Gasteiger partial charge >= 0.3 is 5.97 Å². The maximum absolute atomic E-state index is 13.2. The highest BCUT2D eigenvalue weighted by atomic mass is 16.4. The maximum atomic E-state index is 13.2.